The fourth-order valence-corrected chi connectivity index (χ4v) is 3.19. The van der Waals surface area contributed by atoms with Gasteiger partial charge in [0.05, 0.1) is 0 Å². The molecule has 0 aromatic heterocycles. The van der Waals surface area contributed by atoms with Crippen molar-refractivity contribution in [3.63, 3.8) is 0 Å². The summed E-state index contributed by atoms with van der Waals surface area (Å²) < 4.78 is 0. The second kappa shape index (κ2) is 6.35. The van der Waals surface area contributed by atoms with Crippen LogP contribution in [-0.2, 0) is 0 Å². The Bertz CT molecular complexity index is 358. The molecule has 0 bridgehead atoms. The molecule has 1 saturated heterocycles. The van der Waals surface area contributed by atoms with Crippen molar-refractivity contribution in [2.75, 3.05) is 27.2 Å². The maximum Gasteiger partial charge on any atom is 0.0385 e. The van der Waals surface area contributed by atoms with Crippen molar-refractivity contribution in [3.8, 4) is 0 Å². The smallest absolute Gasteiger partial charge is 0.0385 e. The van der Waals surface area contributed by atoms with Gasteiger partial charge in [0.2, 0.25) is 0 Å². The Labute approximate surface area is 111 Å². The van der Waals surface area contributed by atoms with Crippen molar-refractivity contribution in [2.45, 2.75) is 32.2 Å². The van der Waals surface area contributed by atoms with Gasteiger partial charge >= 0.3 is 0 Å². The molecule has 1 aromatic rings. The van der Waals surface area contributed by atoms with Crippen molar-refractivity contribution in [2.24, 2.45) is 5.92 Å². The molecule has 0 aliphatic carbocycles. The summed E-state index contributed by atoms with van der Waals surface area (Å²) in [5, 5.41) is 3.37. The largest absolute Gasteiger partial charge is 0.319 e. The molecule has 2 nitrogen and oxygen atoms in total. The molecule has 1 aliphatic rings. The molecule has 0 radical (unpaired) electrons. The van der Waals surface area contributed by atoms with E-state index < -0.39 is 0 Å². The highest BCUT2D eigenvalue weighted by Gasteiger charge is 2.28. The van der Waals surface area contributed by atoms with Crippen LogP contribution < -0.4 is 5.32 Å². The summed E-state index contributed by atoms with van der Waals surface area (Å²) in [5.74, 6) is 0.727. The van der Waals surface area contributed by atoms with E-state index in [0.29, 0.717) is 6.04 Å². The van der Waals surface area contributed by atoms with E-state index in [1.807, 2.05) is 0 Å². The van der Waals surface area contributed by atoms with Crippen LogP contribution >= 0.6 is 0 Å². The first-order valence-corrected chi connectivity index (χ1v) is 7.14. The predicted molar refractivity (Wildman–Crippen MR) is 77.8 cm³/mol. The summed E-state index contributed by atoms with van der Waals surface area (Å²) in [5.41, 5.74) is 2.82. The third-order valence-electron chi connectivity index (χ3n) is 4.14. The molecule has 18 heavy (non-hydrogen) atoms. The highest BCUT2D eigenvalue weighted by molar-refractivity contribution is 5.25. The van der Waals surface area contributed by atoms with Crippen molar-refractivity contribution >= 4 is 0 Å². The molecule has 0 saturated carbocycles. The minimum atomic E-state index is 0.570. The van der Waals surface area contributed by atoms with Gasteiger partial charge in [0.15, 0.2) is 0 Å². The van der Waals surface area contributed by atoms with Gasteiger partial charge in [0, 0.05) is 6.04 Å². The van der Waals surface area contributed by atoms with E-state index in [2.05, 4.69) is 55.5 Å². The second-order valence-corrected chi connectivity index (χ2v) is 5.65. The minimum absolute atomic E-state index is 0.570. The Balaban J connectivity index is 2.24. The zero-order valence-electron chi connectivity index (χ0n) is 11.9. The first kappa shape index (κ1) is 13.6. The molecule has 1 N–H and O–H groups in total. The van der Waals surface area contributed by atoms with Gasteiger partial charge in [0.1, 0.15) is 0 Å². The first-order chi connectivity index (χ1) is 8.72. The molecule has 1 aromatic carbocycles. The van der Waals surface area contributed by atoms with E-state index in [1.54, 1.807) is 0 Å². The third-order valence-corrected chi connectivity index (χ3v) is 4.14. The lowest BCUT2D eigenvalue weighted by atomic mass is 9.89. The predicted octanol–water partition coefficient (Wildman–Crippen LogP) is 2.99. The zero-order valence-corrected chi connectivity index (χ0v) is 11.9. The summed E-state index contributed by atoms with van der Waals surface area (Å²) in [7, 11) is 4.34. The molecule has 0 amide bonds. The number of likely N-dealkylation sites (tertiary alicyclic amines) is 1. The number of hydrogen-bond donors (Lipinski definition) is 1. The second-order valence-electron chi connectivity index (χ2n) is 5.65. The Kier molecular flexibility index (Phi) is 4.79. The van der Waals surface area contributed by atoms with Gasteiger partial charge in [0.25, 0.3) is 0 Å². The average molecular weight is 246 g/mol. The highest BCUT2D eigenvalue weighted by atomic mass is 15.1. The maximum absolute atomic E-state index is 3.37. The van der Waals surface area contributed by atoms with Crippen LogP contribution in [0, 0.1) is 12.8 Å². The monoisotopic (exact) mass is 246 g/mol. The number of rotatable bonds is 3. The fourth-order valence-electron chi connectivity index (χ4n) is 3.19. The highest BCUT2D eigenvalue weighted by Crippen LogP contribution is 2.33. The van der Waals surface area contributed by atoms with Crippen LogP contribution in [0.3, 0.4) is 0 Å². The lowest BCUT2D eigenvalue weighted by Crippen LogP contribution is -2.33. The molecule has 0 spiro atoms. The SMILES string of the molecule is CNCC1CCCCN(C)C1c1ccc(C)cc1. The molecular weight excluding hydrogens is 220 g/mol. The van der Waals surface area contributed by atoms with Gasteiger partial charge in [-0.05, 0) is 58.4 Å². The van der Waals surface area contributed by atoms with Crippen LogP contribution in [0.5, 0.6) is 0 Å². The third kappa shape index (κ3) is 3.12. The van der Waals surface area contributed by atoms with E-state index in [9.17, 15) is 0 Å². The van der Waals surface area contributed by atoms with Crippen molar-refractivity contribution in [1.82, 2.24) is 10.2 Å². The summed E-state index contributed by atoms with van der Waals surface area (Å²) in [4.78, 5) is 2.54. The number of aryl methyl sites for hydroxylation is 1. The summed E-state index contributed by atoms with van der Waals surface area (Å²) in [6.07, 6.45) is 4.03. The molecule has 2 rings (SSSR count). The van der Waals surface area contributed by atoms with Crippen LogP contribution in [0.1, 0.15) is 36.4 Å². The number of benzene rings is 1. The molecular formula is C16H26N2. The zero-order chi connectivity index (χ0) is 13.0. The standard InChI is InChI=1S/C16H26N2/c1-13-7-9-14(10-8-13)16-15(12-17-2)6-4-5-11-18(16)3/h7-10,15-17H,4-6,11-12H2,1-3H3. The molecule has 1 aliphatic heterocycles. The summed E-state index contributed by atoms with van der Waals surface area (Å²) in [6.45, 7) is 4.49. The summed E-state index contributed by atoms with van der Waals surface area (Å²) in [6, 6.07) is 9.67. The van der Waals surface area contributed by atoms with Crippen molar-refractivity contribution in [3.05, 3.63) is 35.4 Å². The van der Waals surface area contributed by atoms with Gasteiger partial charge in [-0.1, -0.05) is 36.2 Å². The van der Waals surface area contributed by atoms with Crippen LogP contribution in [0.2, 0.25) is 0 Å². The van der Waals surface area contributed by atoms with Crippen LogP contribution in [-0.4, -0.2) is 32.1 Å². The van der Waals surface area contributed by atoms with Crippen LogP contribution in [0.25, 0.3) is 0 Å². The molecule has 2 unspecified atom stereocenters. The number of hydrogen-bond acceptors (Lipinski definition) is 2. The van der Waals surface area contributed by atoms with Gasteiger partial charge < -0.3 is 5.32 Å². The molecule has 1 heterocycles. The first-order valence-electron chi connectivity index (χ1n) is 7.14. The summed E-state index contributed by atoms with van der Waals surface area (Å²) >= 11 is 0. The maximum atomic E-state index is 3.37. The van der Waals surface area contributed by atoms with Gasteiger partial charge in [-0.25, -0.2) is 0 Å². The Morgan fingerprint density at radius 3 is 2.61 bits per heavy atom. The van der Waals surface area contributed by atoms with E-state index in [0.717, 1.165) is 12.5 Å². The normalized spacial score (nSPS) is 25.9. The number of nitrogens with one attached hydrogen (secondary N) is 1. The lowest BCUT2D eigenvalue weighted by molar-refractivity contribution is 0.191. The quantitative estimate of drug-likeness (QED) is 0.882. The van der Waals surface area contributed by atoms with Gasteiger partial charge in [-0.3, -0.25) is 4.90 Å². The van der Waals surface area contributed by atoms with Crippen LogP contribution in [0.4, 0.5) is 0 Å². The van der Waals surface area contributed by atoms with E-state index in [4.69, 9.17) is 0 Å². The Morgan fingerprint density at radius 2 is 1.94 bits per heavy atom. The van der Waals surface area contributed by atoms with Crippen molar-refractivity contribution < 1.29 is 0 Å². The fraction of sp³-hybridized carbons (Fsp3) is 0.625. The lowest BCUT2D eigenvalue weighted by Gasteiger charge is -2.33. The molecule has 2 heteroatoms. The van der Waals surface area contributed by atoms with Crippen LogP contribution in [0.15, 0.2) is 24.3 Å². The van der Waals surface area contributed by atoms with E-state index in [1.165, 1.54) is 36.9 Å². The van der Waals surface area contributed by atoms with Gasteiger partial charge in [-0.2, -0.15) is 0 Å². The topological polar surface area (TPSA) is 15.3 Å². The Hall–Kier alpha value is -0.860. The van der Waals surface area contributed by atoms with E-state index >= 15 is 0 Å². The minimum Gasteiger partial charge on any atom is -0.319 e. The van der Waals surface area contributed by atoms with E-state index in [-0.39, 0.29) is 0 Å². The average Bonchev–Trinajstić information content (AvgIpc) is 2.53. The number of nitrogens with zero attached hydrogens (tertiary/aromatic N) is 1. The van der Waals surface area contributed by atoms with Gasteiger partial charge in [-0.15, -0.1) is 0 Å². The molecule has 1 fully saturated rings. The molecule has 100 valence electrons. The molecule has 2 atom stereocenters. The Morgan fingerprint density at radius 1 is 1.22 bits per heavy atom. The van der Waals surface area contributed by atoms with Crippen molar-refractivity contribution in [1.29, 1.82) is 0 Å².